The van der Waals surface area contributed by atoms with Crippen molar-refractivity contribution in [1.29, 1.82) is 0 Å². The van der Waals surface area contributed by atoms with Crippen LogP contribution in [-0.2, 0) is 0 Å². The lowest BCUT2D eigenvalue weighted by Gasteiger charge is -2.08. The van der Waals surface area contributed by atoms with Crippen molar-refractivity contribution < 1.29 is 9.59 Å². The normalized spacial score (nSPS) is 10.1. The molecule has 0 atom stereocenters. The Bertz CT molecular complexity index is 870. The van der Waals surface area contributed by atoms with Gasteiger partial charge >= 0.3 is 0 Å². The summed E-state index contributed by atoms with van der Waals surface area (Å²) in [4.78, 5) is 24.3. The Morgan fingerprint density at radius 1 is 0.600 bits per heavy atom. The lowest BCUT2D eigenvalue weighted by molar-refractivity contribution is 0.101. The van der Waals surface area contributed by atoms with E-state index in [1.54, 1.807) is 48.5 Å². The number of hydrogen-bond acceptors (Lipinski definition) is 2. The molecule has 0 radical (unpaired) electrons. The van der Waals surface area contributed by atoms with Gasteiger partial charge in [0.25, 0.3) is 11.8 Å². The number of aryl methyl sites for hydroxylation is 1. The summed E-state index contributed by atoms with van der Waals surface area (Å²) in [6.45, 7) is 1.98. The molecule has 0 aliphatic heterocycles. The summed E-state index contributed by atoms with van der Waals surface area (Å²) in [7, 11) is 0. The zero-order valence-electron chi connectivity index (χ0n) is 13.8. The number of amides is 2. The van der Waals surface area contributed by atoms with Crippen molar-refractivity contribution >= 4 is 23.2 Å². The Balaban J connectivity index is 1.63. The van der Waals surface area contributed by atoms with Crippen LogP contribution in [-0.4, -0.2) is 11.8 Å². The van der Waals surface area contributed by atoms with Gasteiger partial charge in [-0.1, -0.05) is 35.9 Å². The van der Waals surface area contributed by atoms with Crippen molar-refractivity contribution in [3.05, 3.63) is 95.6 Å². The Morgan fingerprint density at radius 3 is 1.52 bits per heavy atom. The van der Waals surface area contributed by atoms with E-state index in [2.05, 4.69) is 10.6 Å². The Labute approximate surface area is 146 Å². The first kappa shape index (κ1) is 16.5. The van der Waals surface area contributed by atoms with Crippen molar-refractivity contribution in [1.82, 2.24) is 0 Å². The molecule has 0 spiro atoms. The minimum absolute atomic E-state index is 0.166. The van der Waals surface area contributed by atoms with E-state index < -0.39 is 0 Å². The van der Waals surface area contributed by atoms with Crippen molar-refractivity contribution in [2.45, 2.75) is 6.92 Å². The Kier molecular flexibility index (Phi) is 4.90. The van der Waals surface area contributed by atoms with Crippen molar-refractivity contribution in [3.8, 4) is 0 Å². The first-order chi connectivity index (χ1) is 12.1. The third kappa shape index (κ3) is 4.32. The second kappa shape index (κ2) is 7.45. The second-order valence-corrected chi connectivity index (χ2v) is 5.72. The average Bonchev–Trinajstić information content (AvgIpc) is 2.64. The van der Waals surface area contributed by atoms with Crippen molar-refractivity contribution in [3.63, 3.8) is 0 Å². The van der Waals surface area contributed by atoms with E-state index in [0.29, 0.717) is 22.5 Å². The minimum Gasteiger partial charge on any atom is -0.322 e. The van der Waals surface area contributed by atoms with Crippen LogP contribution in [0, 0.1) is 6.92 Å². The Morgan fingerprint density at radius 2 is 1.04 bits per heavy atom. The monoisotopic (exact) mass is 330 g/mol. The van der Waals surface area contributed by atoms with E-state index in [4.69, 9.17) is 0 Å². The topological polar surface area (TPSA) is 58.2 Å². The maximum absolute atomic E-state index is 12.2. The third-order valence-corrected chi connectivity index (χ3v) is 3.75. The number of benzene rings is 3. The van der Waals surface area contributed by atoms with Gasteiger partial charge in [-0.3, -0.25) is 9.59 Å². The molecular formula is C21H18N2O2. The van der Waals surface area contributed by atoms with Crippen LogP contribution in [0.5, 0.6) is 0 Å². The molecule has 0 saturated carbocycles. The third-order valence-electron chi connectivity index (χ3n) is 3.75. The summed E-state index contributed by atoms with van der Waals surface area (Å²) in [6, 6.07) is 23.4. The molecule has 0 fully saturated rings. The summed E-state index contributed by atoms with van der Waals surface area (Å²) in [5, 5.41) is 5.66. The predicted molar refractivity (Wildman–Crippen MR) is 100.0 cm³/mol. The smallest absolute Gasteiger partial charge is 0.255 e. The molecule has 25 heavy (non-hydrogen) atoms. The fraction of sp³-hybridized carbons (Fsp3) is 0.0476. The largest absolute Gasteiger partial charge is 0.322 e. The van der Waals surface area contributed by atoms with E-state index in [1.807, 2.05) is 37.3 Å². The first-order valence-corrected chi connectivity index (χ1v) is 7.96. The van der Waals surface area contributed by atoms with E-state index >= 15 is 0 Å². The molecule has 0 unspecified atom stereocenters. The SMILES string of the molecule is Cc1ccc(C(=O)Nc2ccc(NC(=O)c3ccccc3)cc2)cc1. The summed E-state index contributed by atoms with van der Waals surface area (Å²) in [6.07, 6.45) is 0. The summed E-state index contributed by atoms with van der Waals surface area (Å²) >= 11 is 0. The van der Waals surface area contributed by atoms with Gasteiger partial charge in [0.15, 0.2) is 0 Å². The molecule has 2 N–H and O–H groups in total. The zero-order chi connectivity index (χ0) is 17.6. The number of anilines is 2. The molecule has 4 nitrogen and oxygen atoms in total. The van der Waals surface area contributed by atoms with Crippen LogP contribution >= 0.6 is 0 Å². The highest BCUT2D eigenvalue weighted by Gasteiger charge is 2.07. The standard InChI is InChI=1S/C21H18N2O2/c1-15-7-9-17(10-8-15)21(25)23-19-13-11-18(12-14-19)22-20(24)16-5-3-2-4-6-16/h2-14H,1H3,(H,22,24)(H,23,25). The van der Waals surface area contributed by atoms with Gasteiger partial charge in [-0.25, -0.2) is 0 Å². The molecule has 3 rings (SSSR count). The lowest BCUT2D eigenvalue weighted by Crippen LogP contribution is -2.13. The number of hydrogen-bond donors (Lipinski definition) is 2. The molecule has 124 valence electrons. The zero-order valence-corrected chi connectivity index (χ0v) is 13.8. The highest BCUT2D eigenvalue weighted by Crippen LogP contribution is 2.16. The maximum atomic E-state index is 12.2. The average molecular weight is 330 g/mol. The fourth-order valence-corrected chi connectivity index (χ4v) is 2.34. The quantitative estimate of drug-likeness (QED) is 0.740. The molecule has 0 aliphatic rings. The summed E-state index contributed by atoms with van der Waals surface area (Å²) in [5.74, 6) is -0.335. The molecule has 0 aliphatic carbocycles. The van der Waals surface area contributed by atoms with Crippen LogP contribution in [0.3, 0.4) is 0 Å². The number of nitrogens with one attached hydrogen (secondary N) is 2. The van der Waals surface area contributed by atoms with E-state index in [0.717, 1.165) is 5.56 Å². The Hall–Kier alpha value is -3.40. The van der Waals surface area contributed by atoms with Crippen LogP contribution in [0.15, 0.2) is 78.9 Å². The van der Waals surface area contributed by atoms with Crippen LogP contribution in [0.2, 0.25) is 0 Å². The predicted octanol–water partition coefficient (Wildman–Crippen LogP) is 4.50. The van der Waals surface area contributed by atoms with Gasteiger partial charge < -0.3 is 10.6 Å². The number of carbonyl (C=O) groups is 2. The van der Waals surface area contributed by atoms with E-state index in [1.165, 1.54) is 0 Å². The molecule has 3 aromatic carbocycles. The first-order valence-electron chi connectivity index (χ1n) is 7.96. The van der Waals surface area contributed by atoms with Crippen LogP contribution in [0.25, 0.3) is 0 Å². The molecule has 4 heteroatoms. The fourth-order valence-electron chi connectivity index (χ4n) is 2.34. The van der Waals surface area contributed by atoms with Gasteiger partial charge in [0, 0.05) is 22.5 Å². The van der Waals surface area contributed by atoms with Gasteiger partial charge in [-0.05, 0) is 55.5 Å². The van der Waals surface area contributed by atoms with Gasteiger partial charge in [0.1, 0.15) is 0 Å². The van der Waals surface area contributed by atoms with Crippen LogP contribution in [0.4, 0.5) is 11.4 Å². The summed E-state index contributed by atoms with van der Waals surface area (Å²) < 4.78 is 0. The molecule has 0 bridgehead atoms. The highest BCUT2D eigenvalue weighted by molar-refractivity contribution is 6.05. The molecule has 0 aromatic heterocycles. The number of rotatable bonds is 4. The highest BCUT2D eigenvalue weighted by atomic mass is 16.2. The van der Waals surface area contributed by atoms with E-state index in [9.17, 15) is 9.59 Å². The van der Waals surface area contributed by atoms with Crippen molar-refractivity contribution in [2.24, 2.45) is 0 Å². The second-order valence-electron chi connectivity index (χ2n) is 5.72. The van der Waals surface area contributed by atoms with Crippen molar-refractivity contribution in [2.75, 3.05) is 10.6 Å². The van der Waals surface area contributed by atoms with Gasteiger partial charge in [0.2, 0.25) is 0 Å². The summed E-state index contributed by atoms with van der Waals surface area (Å²) in [5.41, 5.74) is 3.65. The molecule has 2 amide bonds. The van der Waals surface area contributed by atoms with Crippen LogP contribution < -0.4 is 10.6 Å². The van der Waals surface area contributed by atoms with E-state index in [-0.39, 0.29) is 11.8 Å². The minimum atomic E-state index is -0.169. The van der Waals surface area contributed by atoms with Gasteiger partial charge in [-0.2, -0.15) is 0 Å². The van der Waals surface area contributed by atoms with Gasteiger partial charge in [-0.15, -0.1) is 0 Å². The van der Waals surface area contributed by atoms with Crippen LogP contribution in [0.1, 0.15) is 26.3 Å². The lowest BCUT2D eigenvalue weighted by atomic mass is 10.1. The maximum Gasteiger partial charge on any atom is 0.255 e. The molecule has 0 heterocycles. The molecule has 3 aromatic rings. The number of carbonyl (C=O) groups excluding carboxylic acids is 2. The molecular weight excluding hydrogens is 312 g/mol. The molecule has 0 saturated heterocycles. The van der Waals surface area contributed by atoms with Gasteiger partial charge in [0.05, 0.1) is 0 Å².